The molecule has 210 valence electrons. The van der Waals surface area contributed by atoms with Gasteiger partial charge in [-0.3, -0.25) is 0 Å². The maximum Gasteiger partial charge on any atom is 0.0562 e. The number of fused-ring (bicyclic) bond motifs is 6. The van der Waals surface area contributed by atoms with Crippen LogP contribution in [0.1, 0.15) is 24.1 Å². The lowest BCUT2D eigenvalue weighted by Crippen LogP contribution is -2.07. The van der Waals surface area contributed by atoms with Crippen molar-refractivity contribution in [3.8, 4) is 33.6 Å². The van der Waals surface area contributed by atoms with E-state index in [4.69, 9.17) is 0 Å². The topological polar surface area (TPSA) is 9.86 Å². The Balaban J connectivity index is 1.39. The molecule has 0 fully saturated rings. The molecule has 0 atom stereocenters. The fourth-order valence-electron chi connectivity index (χ4n) is 7.49. The molecule has 0 bridgehead atoms. The highest BCUT2D eigenvalue weighted by Gasteiger charge is 2.24. The quantitative estimate of drug-likeness (QED) is 0.201. The zero-order chi connectivity index (χ0) is 29.0. The molecular formula is C42H32N2. The van der Waals surface area contributed by atoms with Crippen LogP contribution in [-0.4, -0.2) is 9.13 Å². The van der Waals surface area contributed by atoms with Crippen molar-refractivity contribution in [1.29, 1.82) is 0 Å². The number of aryl methyl sites for hydroxylation is 1. The molecule has 0 aliphatic heterocycles. The van der Waals surface area contributed by atoms with Gasteiger partial charge in [-0.05, 0) is 102 Å². The summed E-state index contributed by atoms with van der Waals surface area (Å²) in [6.07, 6.45) is 4.71. The molecule has 0 spiro atoms. The minimum Gasteiger partial charge on any atom is -0.313 e. The fraction of sp³-hybridized carbons (Fsp3) is 0.0952. The van der Waals surface area contributed by atoms with Gasteiger partial charge in [0.25, 0.3) is 0 Å². The van der Waals surface area contributed by atoms with Crippen LogP contribution in [-0.2, 0) is 12.8 Å². The van der Waals surface area contributed by atoms with Crippen LogP contribution < -0.4 is 0 Å². The summed E-state index contributed by atoms with van der Waals surface area (Å²) in [6, 6.07) is 53.4. The highest BCUT2D eigenvalue weighted by atomic mass is 15.0. The van der Waals surface area contributed by atoms with E-state index in [2.05, 4.69) is 155 Å². The summed E-state index contributed by atoms with van der Waals surface area (Å²) in [5.41, 5.74) is 14.2. The van der Waals surface area contributed by atoms with Gasteiger partial charge in [0.05, 0.1) is 16.6 Å². The molecule has 0 N–H and O–H groups in total. The first-order valence-electron chi connectivity index (χ1n) is 15.7. The van der Waals surface area contributed by atoms with E-state index in [9.17, 15) is 0 Å². The predicted octanol–water partition coefficient (Wildman–Crippen LogP) is 10.9. The van der Waals surface area contributed by atoms with Crippen molar-refractivity contribution in [2.45, 2.75) is 25.7 Å². The van der Waals surface area contributed by atoms with E-state index < -0.39 is 0 Å². The van der Waals surface area contributed by atoms with Gasteiger partial charge < -0.3 is 9.13 Å². The second-order valence-corrected chi connectivity index (χ2v) is 12.0. The fourth-order valence-corrected chi connectivity index (χ4v) is 7.49. The maximum atomic E-state index is 2.59. The van der Waals surface area contributed by atoms with Crippen LogP contribution >= 0.6 is 0 Å². The summed E-state index contributed by atoms with van der Waals surface area (Å²) in [6.45, 7) is 0. The van der Waals surface area contributed by atoms with Gasteiger partial charge in [-0.25, -0.2) is 0 Å². The van der Waals surface area contributed by atoms with Crippen LogP contribution in [0.4, 0.5) is 0 Å². The molecule has 8 aromatic rings. The van der Waals surface area contributed by atoms with E-state index >= 15 is 0 Å². The van der Waals surface area contributed by atoms with Crippen molar-refractivity contribution in [2.24, 2.45) is 0 Å². The van der Waals surface area contributed by atoms with Crippen molar-refractivity contribution in [2.75, 3.05) is 0 Å². The Kier molecular flexibility index (Phi) is 5.80. The predicted molar refractivity (Wildman–Crippen MR) is 185 cm³/mol. The summed E-state index contributed by atoms with van der Waals surface area (Å²) in [5.74, 6) is 0. The van der Waals surface area contributed by atoms with Crippen LogP contribution in [0.25, 0.3) is 66.3 Å². The number of hydrogen-bond donors (Lipinski definition) is 0. The second kappa shape index (κ2) is 10.1. The highest BCUT2D eigenvalue weighted by Crippen LogP contribution is 2.41. The average Bonchev–Trinajstić information content (AvgIpc) is 3.60. The molecule has 0 saturated heterocycles. The third-order valence-electron chi connectivity index (χ3n) is 9.47. The number of hydrogen-bond acceptors (Lipinski definition) is 0. The largest absolute Gasteiger partial charge is 0.313 e. The molecule has 2 nitrogen and oxygen atoms in total. The molecule has 1 aliphatic carbocycles. The number of aromatic nitrogens is 2. The minimum atomic E-state index is 1.10. The standard InChI is InChI=1S/C42H32N2/c1-4-14-29(15-5-1)31-24-32(30-16-6-2-7-17-30)26-34(25-31)44-40-23-13-11-21-36(40)38-27-37-35-20-10-12-22-39(35)43(41(37)28-42(38)44)33-18-8-3-9-19-33/h1-10,12,14-20,22,24-28H,11,13,21,23H2. The first-order chi connectivity index (χ1) is 21.8. The van der Waals surface area contributed by atoms with Crippen molar-refractivity contribution < 1.29 is 0 Å². The van der Waals surface area contributed by atoms with Gasteiger partial charge in [0.1, 0.15) is 0 Å². The van der Waals surface area contributed by atoms with Crippen LogP contribution in [0.5, 0.6) is 0 Å². The van der Waals surface area contributed by atoms with E-state index in [0.29, 0.717) is 0 Å². The molecule has 0 unspecified atom stereocenters. The molecule has 0 amide bonds. The average molecular weight is 565 g/mol. The lowest BCUT2D eigenvalue weighted by atomic mass is 9.95. The summed E-state index contributed by atoms with van der Waals surface area (Å²) < 4.78 is 5.03. The lowest BCUT2D eigenvalue weighted by Gasteiger charge is -2.18. The minimum absolute atomic E-state index is 1.10. The van der Waals surface area contributed by atoms with Crippen molar-refractivity contribution in [3.05, 3.63) is 157 Å². The molecule has 0 saturated carbocycles. The summed E-state index contributed by atoms with van der Waals surface area (Å²) in [4.78, 5) is 0. The van der Waals surface area contributed by atoms with E-state index in [-0.39, 0.29) is 0 Å². The normalized spacial score (nSPS) is 13.1. The number of nitrogens with zero attached hydrogens (tertiary/aromatic N) is 2. The van der Waals surface area contributed by atoms with Gasteiger partial charge in [0.15, 0.2) is 0 Å². The molecule has 44 heavy (non-hydrogen) atoms. The smallest absolute Gasteiger partial charge is 0.0562 e. The molecule has 2 heteroatoms. The third kappa shape index (κ3) is 3.95. The zero-order valence-corrected chi connectivity index (χ0v) is 24.6. The van der Waals surface area contributed by atoms with E-state index in [1.54, 1.807) is 0 Å². The number of rotatable bonds is 4. The van der Waals surface area contributed by atoms with Gasteiger partial charge in [-0.15, -0.1) is 0 Å². The van der Waals surface area contributed by atoms with Gasteiger partial charge in [0, 0.05) is 33.2 Å². The molecule has 6 aromatic carbocycles. The Bertz CT molecular complexity index is 2250. The Labute approximate surface area is 257 Å². The van der Waals surface area contributed by atoms with Crippen molar-refractivity contribution in [3.63, 3.8) is 0 Å². The number of para-hydroxylation sites is 2. The molecular weight excluding hydrogens is 532 g/mol. The molecule has 2 aromatic heterocycles. The van der Waals surface area contributed by atoms with Crippen molar-refractivity contribution in [1.82, 2.24) is 9.13 Å². The van der Waals surface area contributed by atoms with Gasteiger partial charge in [-0.2, -0.15) is 0 Å². The van der Waals surface area contributed by atoms with Gasteiger partial charge >= 0.3 is 0 Å². The van der Waals surface area contributed by atoms with Gasteiger partial charge in [-0.1, -0.05) is 97.1 Å². The molecule has 9 rings (SSSR count). The third-order valence-corrected chi connectivity index (χ3v) is 9.47. The monoisotopic (exact) mass is 564 g/mol. The molecule has 2 heterocycles. The highest BCUT2D eigenvalue weighted by molar-refractivity contribution is 6.14. The Morgan fingerprint density at radius 2 is 0.955 bits per heavy atom. The Morgan fingerprint density at radius 3 is 1.66 bits per heavy atom. The van der Waals surface area contributed by atoms with E-state index in [1.165, 1.54) is 90.4 Å². The number of benzene rings is 6. The first kappa shape index (κ1) is 25.2. The SMILES string of the molecule is c1ccc(-c2cc(-c3ccccc3)cc(-n3c4c(c5cc6c7ccccc7n(-c7ccccc7)c6cc53)CCCC4)c2)cc1. The first-order valence-corrected chi connectivity index (χ1v) is 15.7. The van der Waals surface area contributed by atoms with Crippen molar-refractivity contribution >= 4 is 32.7 Å². The van der Waals surface area contributed by atoms with Crippen LogP contribution in [0, 0.1) is 0 Å². The van der Waals surface area contributed by atoms with E-state index in [0.717, 1.165) is 12.8 Å². The second-order valence-electron chi connectivity index (χ2n) is 12.0. The summed E-state index contributed by atoms with van der Waals surface area (Å²) >= 11 is 0. The zero-order valence-electron chi connectivity index (χ0n) is 24.6. The van der Waals surface area contributed by atoms with E-state index in [1.807, 2.05) is 0 Å². The van der Waals surface area contributed by atoms with Crippen LogP contribution in [0.3, 0.4) is 0 Å². The van der Waals surface area contributed by atoms with Crippen LogP contribution in [0.2, 0.25) is 0 Å². The summed E-state index contributed by atoms with van der Waals surface area (Å²) in [5, 5.41) is 4.03. The van der Waals surface area contributed by atoms with Gasteiger partial charge in [0.2, 0.25) is 0 Å². The Hall–Kier alpha value is -5.34. The molecule has 1 aliphatic rings. The molecule has 0 radical (unpaired) electrons. The van der Waals surface area contributed by atoms with Crippen LogP contribution in [0.15, 0.2) is 146 Å². The summed E-state index contributed by atoms with van der Waals surface area (Å²) in [7, 11) is 0. The Morgan fingerprint density at radius 1 is 0.364 bits per heavy atom. The lowest BCUT2D eigenvalue weighted by molar-refractivity contribution is 0.667. The maximum absolute atomic E-state index is 2.59.